The summed E-state index contributed by atoms with van der Waals surface area (Å²) in [6.45, 7) is 2.12. The maximum Gasteiger partial charge on any atom is 0.133 e. The maximum atomic E-state index is 13.4. The molecule has 0 heterocycles. The number of aryl methyl sites for hydroxylation is 1. The Morgan fingerprint density at radius 3 is 2.76 bits per heavy atom. The number of Topliss-reactive ketones (excluding diaryl/α,β-unsaturated/α-hetero) is 1. The quantitative estimate of drug-likeness (QED) is 0.523. The number of carbonyl (C=O) groups is 1. The first-order valence-corrected chi connectivity index (χ1v) is 7.17. The van der Waals surface area contributed by atoms with Crippen LogP contribution >= 0.6 is 22.6 Å². The summed E-state index contributed by atoms with van der Waals surface area (Å²) in [5, 5.41) is 0. The summed E-state index contributed by atoms with van der Waals surface area (Å²) < 4.78 is 14.4. The Bertz CT molecular complexity index is 376. The lowest BCUT2D eigenvalue weighted by atomic mass is 10.0. The standard InChI is InChI=1S/C14H18FIO/c1-2-3-4-5-13(17)8-6-11-10-12(16)7-9-14(11)15/h7,9-10H,2-6,8H2,1H3. The third-order valence-electron chi connectivity index (χ3n) is 2.74. The van der Waals surface area contributed by atoms with E-state index in [2.05, 4.69) is 29.5 Å². The van der Waals surface area contributed by atoms with E-state index in [9.17, 15) is 9.18 Å². The molecule has 0 amide bonds. The highest BCUT2D eigenvalue weighted by Crippen LogP contribution is 2.15. The number of hydrogen-bond acceptors (Lipinski definition) is 1. The van der Waals surface area contributed by atoms with Gasteiger partial charge >= 0.3 is 0 Å². The first-order chi connectivity index (χ1) is 8.13. The van der Waals surface area contributed by atoms with Crippen LogP contribution in [-0.4, -0.2) is 5.78 Å². The zero-order chi connectivity index (χ0) is 12.7. The van der Waals surface area contributed by atoms with Crippen molar-refractivity contribution < 1.29 is 9.18 Å². The molecule has 0 saturated heterocycles. The topological polar surface area (TPSA) is 17.1 Å². The van der Waals surface area contributed by atoms with Gasteiger partial charge in [-0.3, -0.25) is 4.79 Å². The average Bonchev–Trinajstić information content (AvgIpc) is 2.31. The molecule has 0 bridgehead atoms. The number of hydrogen-bond donors (Lipinski definition) is 0. The Balaban J connectivity index is 2.39. The molecule has 3 heteroatoms. The van der Waals surface area contributed by atoms with Gasteiger partial charge in [0.05, 0.1) is 0 Å². The summed E-state index contributed by atoms with van der Waals surface area (Å²) in [5.41, 5.74) is 0.653. The zero-order valence-corrected chi connectivity index (χ0v) is 12.3. The van der Waals surface area contributed by atoms with Crippen molar-refractivity contribution in [3.8, 4) is 0 Å². The largest absolute Gasteiger partial charge is 0.300 e. The van der Waals surface area contributed by atoms with Gasteiger partial charge in [-0.2, -0.15) is 0 Å². The van der Waals surface area contributed by atoms with E-state index in [4.69, 9.17) is 0 Å². The molecule has 0 saturated carbocycles. The van der Waals surface area contributed by atoms with Gasteiger partial charge in [0.1, 0.15) is 11.6 Å². The maximum absolute atomic E-state index is 13.4. The van der Waals surface area contributed by atoms with Gasteiger partial charge in [0.25, 0.3) is 0 Å². The number of benzene rings is 1. The van der Waals surface area contributed by atoms with E-state index in [0.29, 0.717) is 24.8 Å². The normalized spacial score (nSPS) is 10.5. The average molecular weight is 348 g/mol. The SMILES string of the molecule is CCCCCC(=O)CCc1cc(I)ccc1F. The molecule has 94 valence electrons. The van der Waals surface area contributed by atoms with E-state index >= 15 is 0 Å². The summed E-state index contributed by atoms with van der Waals surface area (Å²) in [6.07, 6.45) is 4.81. The molecule has 1 rings (SSSR count). The molecule has 0 aromatic heterocycles. The lowest BCUT2D eigenvalue weighted by Crippen LogP contribution is -2.01. The fourth-order valence-electron chi connectivity index (χ4n) is 1.71. The predicted molar refractivity (Wildman–Crippen MR) is 76.6 cm³/mol. The van der Waals surface area contributed by atoms with Crippen LogP contribution in [-0.2, 0) is 11.2 Å². The van der Waals surface area contributed by atoms with E-state index in [1.54, 1.807) is 6.07 Å². The molecule has 0 spiro atoms. The number of halogens is 2. The van der Waals surface area contributed by atoms with Gasteiger partial charge in [-0.15, -0.1) is 0 Å². The third-order valence-corrected chi connectivity index (χ3v) is 3.41. The highest BCUT2D eigenvalue weighted by molar-refractivity contribution is 14.1. The molecule has 0 atom stereocenters. The zero-order valence-electron chi connectivity index (χ0n) is 10.1. The van der Waals surface area contributed by atoms with Crippen LogP contribution in [0.25, 0.3) is 0 Å². The van der Waals surface area contributed by atoms with Crippen molar-refractivity contribution >= 4 is 28.4 Å². The van der Waals surface area contributed by atoms with Gasteiger partial charge in [0.15, 0.2) is 0 Å². The van der Waals surface area contributed by atoms with Crippen LogP contribution in [0.1, 0.15) is 44.6 Å². The van der Waals surface area contributed by atoms with Crippen LogP contribution in [0, 0.1) is 9.39 Å². The van der Waals surface area contributed by atoms with E-state index < -0.39 is 0 Å². The molecule has 0 N–H and O–H groups in total. The van der Waals surface area contributed by atoms with Crippen LogP contribution in [0.15, 0.2) is 18.2 Å². The Labute approximate surface area is 116 Å². The highest BCUT2D eigenvalue weighted by Gasteiger charge is 2.06. The molecule has 17 heavy (non-hydrogen) atoms. The van der Waals surface area contributed by atoms with E-state index in [0.717, 1.165) is 22.8 Å². The monoisotopic (exact) mass is 348 g/mol. The van der Waals surface area contributed by atoms with Crippen molar-refractivity contribution in [3.05, 3.63) is 33.1 Å². The second-order valence-electron chi connectivity index (χ2n) is 4.23. The molecule has 1 aromatic rings. The molecule has 0 fully saturated rings. The summed E-state index contributed by atoms with van der Waals surface area (Å²) in [6, 6.07) is 5.02. The smallest absolute Gasteiger partial charge is 0.133 e. The Kier molecular flexibility index (Phi) is 6.70. The minimum Gasteiger partial charge on any atom is -0.300 e. The van der Waals surface area contributed by atoms with E-state index in [-0.39, 0.29) is 11.6 Å². The first kappa shape index (κ1) is 14.6. The second-order valence-corrected chi connectivity index (χ2v) is 5.48. The minimum absolute atomic E-state index is 0.202. The van der Waals surface area contributed by atoms with Crippen LogP contribution in [0.4, 0.5) is 4.39 Å². The first-order valence-electron chi connectivity index (χ1n) is 6.09. The van der Waals surface area contributed by atoms with Gasteiger partial charge in [0.2, 0.25) is 0 Å². The van der Waals surface area contributed by atoms with Crippen molar-refractivity contribution in [2.24, 2.45) is 0 Å². The van der Waals surface area contributed by atoms with Crippen LogP contribution in [0.2, 0.25) is 0 Å². The Hall–Kier alpha value is -0.450. The Morgan fingerprint density at radius 1 is 1.29 bits per heavy atom. The lowest BCUT2D eigenvalue weighted by molar-refractivity contribution is -0.119. The van der Waals surface area contributed by atoms with Gasteiger partial charge in [0, 0.05) is 16.4 Å². The second kappa shape index (κ2) is 7.80. The van der Waals surface area contributed by atoms with E-state index in [1.165, 1.54) is 6.07 Å². The van der Waals surface area contributed by atoms with Crippen molar-refractivity contribution in [3.63, 3.8) is 0 Å². The predicted octanol–water partition coefficient (Wildman–Crippen LogP) is 4.51. The fraction of sp³-hybridized carbons (Fsp3) is 0.500. The van der Waals surface area contributed by atoms with Crippen LogP contribution in [0.3, 0.4) is 0 Å². The summed E-state index contributed by atoms with van der Waals surface area (Å²) in [5.74, 6) is 0.0449. The molecular formula is C14H18FIO. The van der Waals surface area contributed by atoms with Gasteiger partial charge < -0.3 is 0 Å². The Morgan fingerprint density at radius 2 is 2.06 bits per heavy atom. The summed E-state index contributed by atoms with van der Waals surface area (Å²) in [7, 11) is 0. The van der Waals surface area contributed by atoms with Gasteiger partial charge in [-0.05, 0) is 59.2 Å². The molecule has 0 aliphatic rings. The molecule has 0 unspecified atom stereocenters. The number of unbranched alkanes of at least 4 members (excludes halogenated alkanes) is 2. The minimum atomic E-state index is -0.202. The highest BCUT2D eigenvalue weighted by atomic mass is 127. The third kappa shape index (κ3) is 5.61. The molecular weight excluding hydrogens is 330 g/mol. The van der Waals surface area contributed by atoms with E-state index in [1.807, 2.05) is 6.07 Å². The number of carbonyl (C=O) groups excluding carboxylic acids is 1. The van der Waals surface area contributed by atoms with Gasteiger partial charge in [-0.25, -0.2) is 4.39 Å². The van der Waals surface area contributed by atoms with Crippen molar-refractivity contribution in [1.29, 1.82) is 0 Å². The molecule has 1 aromatic carbocycles. The van der Waals surface area contributed by atoms with Crippen molar-refractivity contribution in [1.82, 2.24) is 0 Å². The number of ketones is 1. The number of rotatable bonds is 7. The van der Waals surface area contributed by atoms with Crippen molar-refractivity contribution in [2.45, 2.75) is 45.4 Å². The summed E-state index contributed by atoms with van der Waals surface area (Å²) in [4.78, 5) is 11.6. The van der Waals surface area contributed by atoms with Gasteiger partial charge in [-0.1, -0.05) is 19.8 Å². The molecule has 0 aliphatic heterocycles. The fourth-order valence-corrected chi connectivity index (χ4v) is 2.26. The molecule has 1 nitrogen and oxygen atoms in total. The lowest BCUT2D eigenvalue weighted by Gasteiger charge is -2.04. The summed E-state index contributed by atoms with van der Waals surface area (Å²) >= 11 is 2.16. The van der Waals surface area contributed by atoms with Crippen LogP contribution < -0.4 is 0 Å². The molecule has 0 aliphatic carbocycles. The molecule has 0 radical (unpaired) electrons. The van der Waals surface area contributed by atoms with Crippen molar-refractivity contribution in [2.75, 3.05) is 0 Å². The van der Waals surface area contributed by atoms with Crippen LogP contribution in [0.5, 0.6) is 0 Å².